The van der Waals surface area contributed by atoms with Gasteiger partial charge >= 0.3 is 0 Å². The molecule has 8 rings (SSSR count). The number of carbonyl (C=O) groups excluding carboxylic acids is 3. The zero-order valence-corrected chi connectivity index (χ0v) is 23.2. The molecule has 0 bridgehead atoms. The molecular weight excluding hydrogens is 540 g/mol. The predicted octanol–water partition coefficient (Wildman–Crippen LogP) is 6.42. The lowest BCUT2D eigenvalue weighted by Gasteiger charge is -2.38. The van der Waals surface area contributed by atoms with Gasteiger partial charge < -0.3 is 19.4 Å². The molecule has 1 spiro atoms. The van der Waals surface area contributed by atoms with Crippen LogP contribution >= 0.6 is 0 Å². The zero-order chi connectivity index (χ0) is 29.3. The number of nitrogens with one attached hydrogen (secondary N) is 1. The highest BCUT2D eigenvalue weighted by atomic mass is 16.5. The van der Waals surface area contributed by atoms with E-state index in [1.165, 1.54) is 7.11 Å². The van der Waals surface area contributed by atoms with Crippen molar-refractivity contribution in [3.63, 3.8) is 0 Å². The van der Waals surface area contributed by atoms with Gasteiger partial charge in [0.25, 0.3) is 0 Å². The van der Waals surface area contributed by atoms with Crippen LogP contribution in [-0.2, 0) is 10.2 Å². The highest BCUT2D eigenvalue weighted by Gasteiger charge is 2.71. The number of furan rings is 1. The van der Waals surface area contributed by atoms with Gasteiger partial charge in [-0.2, -0.15) is 0 Å². The van der Waals surface area contributed by atoms with Crippen molar-refractivity contribution in [3.05, 3.63) is 137 Å². The van der Waals surface area contributed by atoms with E-state index in [-0.39, 0.29) is 17.5 Å². The van der Waals surface area contributed by atoms with Gasteiger partial charge in [0.05, 0.1) is 24.6 Å². The quantitative estimate of drug-likeness (QED) is 0.247. The van der Waals surface area contributed by atoms with Gasteiger partial charge in [0.15, 0.2) is 11.5 Å². The third-order valence-electron chi connectivity index (χ3n) is 9.16. The second-order valence-corrected chi connectivity index (χ2v) is 11.2. The van der Waals surface area contributed by atoms with Gasteiger partial charge in [-0.1, -0.05) is 72.8 Å². The van der Waals surface area contributed by atoms with Crippen LogP contribution in [0.15, 0.2) is 114 Å². The zero-order valence-electron chi connectivity index (χ0n) is 23.2. The summed E-state index contributed by atoms with van der Waals surface area (Å²) in [5, 5.41) is 3.84. The van der Waals surface area contributed by atoms with Gasteiger partial charge in [0.1, 0.15) is 22.8 Å². The lowest BCUT2D eigenvalue weighted by atomic mass is 9.63. The summed E-state index contributed by atoms with van der Waals surface area (Å²) in [6, 6.07) is 29.7. The number of para-hydroxylation sites is 3. The van der Waals surface area contributed by atoms with Crippen molar-refractivity contribution < 1.29 is 23.5 Å². The SMILES string of the molecule is COc1ccccc1C(=O)[C@@H]1[C@@H](C(=O)c2cc3ccccc3o2)[C@@]2(C(=O)Nc3ccccc32)[C@H]2c3ccccc3C=CN12. The summed E-state index contributed by atoms with van der Waals surface area (Å²) in [5.41, 5.74) is 2.58. The molecule has 1 saturated heterocycles. The van der Waals surface area contributed by atoms with E-state index in [0.717, 1.165) is 16.5 Å². The van der Waals surface area contributed by atoms with Gasteiger partial charge in [-0.15, -0.1) is 0 Å². The average molecular weight is 567 g/mol. The van der Waals surface area contributed by atoms with Crippen LogP contribution in [0.4, 0.5) is 5.69 Å². The van der Waals surface area contributed by atoms with Crippen molar-refractivity contribution in [2.45, 2.75) is 17.5 Å². The second-order valence-electron chi connectivity index (χ2n) is 11.2. The molecule has 4 heterocycles. The first-order chi connectivity index (χ1) is 21.0. The Morgan fingerprint density at radius 3 is 2.49 bits per heavy atom. The molecule has 3 aliphatic heterocycles. The molecule has 4 atom stereocenters. The highest BCUT2D eigenvalue weighted by Crippen LogP contribution is 2.62. The number of fused-ring (bicyclic) bond motifs is 7. The van der Waals surface area contributed by atoms with Gasteiger partial charge in [-0.3, -0.25) is 14.4 Å². The Morgan fingerprint density at radius 1 is 0.884 bits per heavy atom. The van der Waals surface area contributed by atoms with Crippen LogP contribution < -0.4 is 10.1 Å². The van der Waals surface area contributed by atoms with Crippen molar-refractivity contribution in [3.8, 4) is 5.75 Å². The number of anilines is 1. The van der Waals surface area contributed by atoms with E-state index in [9.17, 15) is 14.4 Å². The average Bonchev–Trinajstić information content (AvgIpc) is 3.71. The van der Waals surface area contributed by atoms with Crippen LogP contribution in [0.25, 0.3) is 17.0 Å². The number of methoxy groups -OCH3 is 1. The minimum atomic E-state index is -1.43. The van der Waals surface area contributed by atoms with E-state index >= 15 is 0 Å². The van der Waals surface area contributed by atoms with Crippen LogP contribution in [-0.4, -0.2) is 35.5 Å². The smallest absolute Gasteiger partial charge is 0.238 e. The van der Waals surface area contributed by atoms with Gasteiger partial charge in [0, 0.05) is 17.3 Å². The van der Waals surface area contributed by atoms with E-state index in [4.69, 9.17) is 9.15 Å². The second kappa shape index (κ2) is 9.29. The van der Waals surface area contributed by atoms with Crippen molar-refractivity contribution in [1.29, 1.82) is 0 Å². The number of amides is 1. The van der Waals surface area contributed by atoms with E-state index in [2.05, 4.69) is 5.32 Å². The number of Topliss-reactive ketones (excluding diaryl/α,β-unsaturated/α-hetero) is 2. The van der Waals surface area contributed by atoms with Gasteiger partial charge in [0.2, 0.25) is 11.7 Å². The Balaban J connectivity index is 1.44. The summed E-state index contributed by atoms with van der Waals surface area (Å²) in [5.74, 6) is -1.66. The van der Waals surface area contributed by atoms with E-state index in [0.29, 0.717) is 28.1 Å². The lowest BCUT2D eigenvalue weighted by Crippen LogP contribution is -2.49. The maximum absolute atomic E-state index is 15.0. The third-order valence-corrected chi connectivity index (χ3v) is 9.16. The number of hydrogen-bond donors (Lipinski definition) is 1. The van der Waals surface area contributed by atoms with Crippen LogP contribution in [0.1, 0.15) is 43.6 Å². The fourth-order valence-electron chi connectivity index (χ4n) is 7.43. The molecule has 0 radical (unpaired) electrons. The van der Waals surface area contributed by atoms with Crippen LogP contribution in [0.2, 0.25) is 0 Å². The first kappa shape index (κ1) is 25.3. The van der Waals surface area contributed by atoms with Crippen LogP contribution in [0, 0.1) is 5.92 Å². The maximum atomic E-state index is 15.0. The Hall–Kier alpha value is -5.43. The Kier molecular flexibility index (Phi) is 5.46. The lowest BCUT2D eigenvalue weighted by molar-refractivity contribution is -0.122. The summed E-state index contributed by atoms with van der Waals surface area (Å²) < 4.78 is 11.7. The third kappa shape index (κ3) is 3.39. The molecule has 5 aromatic rings. The predicted molar refractivity (Wildman–Crippen MR) is 162 cm³/mol. The van der Waals surface area contributed by atoms with Gasteiger partial charge in [-0.05, 0) is 53.1 Å². The fourth-order valence-corrected chi connectivity index (χ4v) is 7.43. The molecule has 0 unspecified atom stereocenters. The molecule has 0 saturated carbocycles. The van der Waals surface area contributed by atoms with Crippen molar-refractivity contribution in [1.82, 2.24) is 4.90 Å². The molecule has 210 valence electrons. The van der Waals surface area contributed by atoms with Crippen molar-refractivity contribution in [2.24, 2.45) is 5.92 Å². The molecule has 7 heteroatoms. The first-order valence-electron chi connectivity index (χ1n) is 14.2. The summed E-state index contributed by atoms with van der Waals surface area (Å²) >= 11 is 0. The molecular formula is C36H26N2O5. The summed E-state index contributed by atoms with van der Waals surface area (Å²) in [6.45, 7) is 0. The number of carbonyl (C=O) groups is 3. The Bertz CT molecular complexity index is 1970. The molecule has 0 aliphatic carbocycles. The van der Waals surface area contributed by atoms with Crippen LogP contribution in [0.5, 0.6) is 5.75 Å². The standard InChI is InChI=1S/C36H26N2O5/c1-42-28-17-9-5-13-24(28)32(39)31-30(33(40)29-20-22-11-3-8-16-27(22)43-29)36(25-14-6-7-15-26(25)37-35(36)41)34-23-12-4-2-10-21(23)18-19-38(31)34/h2-20,30-31,34H,1H3,(H,37,41)/t30-,31-,34+,36+/m0/s1. The topological polar surface area (TPSA) is 88.9 Å². The Labute approximate surface area is 247 Å². The number of nitrogens with zero attached hydrogens (tertiary/aromatic N) is 1. The molecule has 43 heavy (non-hydrogen) atoms. The fraction of sp³-hybridized carbons (Fsp3) is 0.139. The monoisotopic (exact) mass is 566 g/mol. The Morgan fingerprint density at radius 2 is 1.63 bits per heavy atom. The normalized spacial score (nSPS) is 23.1. The molecule has 7 nitrogen and oxygen atoms in total. The first-order valence-corrected chi connectivity index (χ1v) is 14.2. The largest absolute Gasteiger partial charge is 0.496 e. The minimum absolute atomic E-state index is 0.109. The molecule has 1 aromatic heterocycles. The van der Waals surface area contributed by atoms with Gasteiger partial charge in [-0.25, -0.2) is 0 Å². The molecule has 3 aliphatic rings. The van der Waals surface area contributed by atoms with E-state index in [1.807, 2.05) is 83.9 Å². The van der Waals surface area contributed by atoms with Crippen molar-refractivity contribution >= 4 is 40.2 Å². The number of benzene rings is 4. The van der Waals surface area contributed by atoms with Crippen molar-refractivity contribution in [2.75, 3.05) is 12.4 Å². The maximum Gasteiger partial charge on any atom is 0.238 e. The number of ether oxygens (including phenoxy) is 1. The summed E-state index contributed by atoms with van der Waals surface area (Å²) in [6.07, 6.45) is 3.79. The summed E-state index contributed by atoms with van der Waals surface area (Å²) in [7, 11) is 1.51. The van der Waals surface area contributed by atoms with E-state index in [1.54, 1.807) is 36.4 Å². The number of hydrogen-bond acceptors (Lipinski definition) is 6. The molecule has 1 amide bonds. The van der Waals surface area contributed by atoms with E-state index < -0.39 is 29.2 Å². The number of rotatable bonds is 5. The minimum Gasteiger partial charge on any atom is -0.496 e. The highest BCUT2D eigenvalue weighted by molar-refractivity contribution is 6.17. The number of ketones is 2. The van der Waals surface area contributed by atoms with Crippen LogP contribution in [0.3, 0.4) is 0 Å². The molecule has 4 aromatic carbocycles. The summed E-state index contributed by atoms with van der Waals surface area (Å²) in [4.78, 5) is 46.3. The molecule has 1 N–H and O–H groups in total. The molecule has 1 fully saturated rings.